The van der Waals surface area contributed by atoms with Gasteiger partial charge in [0.1, 0.15) is 11.5 Å². The normalized spacial score (nSPS) is 21.3. The molecule has 0 aliphatic carbocycles. The number of nitrogens with zero attached hydrogens (tertiary/aromatic N) is 1. The zero-order chi connectivity index (χ0) is 15.0. The molecule has 4 heteroatoms. The van der Waals surface area contributed by atoms with Crippen LogP contribution in [-0.2, 0) is 9.53 Å². The van der Waals surface area contributed by atoms with Gasteiger partial charge in [0.2, 0.25) is 0 Å². The van der Waals surface area contributed by atoms with E-state index < -0.39 is 0 Å². The van der Waals surface area contributed by atoms with Crippen molar-refractivity contribution in [3.8, 4) is 0 Å². The summed E-state index contributed by atoms with van der Waals surface area (Å²) < 4.78 is 5.39. The first kappa shape index (κ1) is 15.9. The molecule has 0 aromatic carbocycles. The van der Waals surface area contributed by atoms with Crippen LogP contribution in [0, 0.1) is 10.8 Å². The molecule has 1 heterocycles. The third-order valence-electron chi connectivity index (χ3n) is 3.46. The van der Waals surface area contributed by atoms with Crippen LogP contribution in [0.3, 0.4) is 0 Å². The van der Waals surface area contributed by atoms with Crippen molar-refractivity contribution in [2.45, 2.75) is 54.0 Å². The van der Waals surface area contributed by atoms with Crippen LogP contribution < -0.4 is 5.73 Å². The number of carbonyl (C=O) groups excluding carboxylic acids is 1. The summed E-state index contributed by atoms with van der Waals surface area (Å²) in [6.45, 7) is 13.5. The Hall–Kier alpha value is -1.19. The van der Waals surface area contributed by atoms with Crippen LogP contribution in [-0.4, -0.2) is 30.5 Å². The second-order valence-electron chi connectivity index (χ2n) is 7.56. The van der Waals surface area contributed by atoms with Crippen molar-refractivity contribution in [2.24, 2.45) is 16.6 Å². The number of carbonyl (C=O) groups is 1. The van der Waals surface area contributed by atoms with Crippen molar-refractivity contribution in [1.29, 1.82) is 0 Å². The Balaban J connectivity index is 3.01. The molecule has 1 aliphatic rings. The Morgan fingerprint density at radius 2 is 1.74 bits per heavy atom. The van der Waals surface area contributed by atoms with Crippen LogP contribution in [0.4, 0.5) is 0 Å². The lowest BCUT2D eigenvalue weighted by Gasteiger charge is -2.37. The van der Waals surface area contributed by atoms with Gasteiger partial charge >= 0.3 is 0 Å². The molecular formula is C15H28N2O2. The predicted octanol–water partition coefficient (Wildman–Crippen LogP) is 2.50. The van der Waals surface area contributed by atoms with Gasteiger partial charge in [0, 0.05) is 6.54 Å². The van der Waals surface area contributed by atoms with Gasteiger partial charge in [-0.15, -0.1) is 0 Å². The smallest absolute Gasteiger partial charge is 0.273 e. The highest BCUT2D eigenvalue weighted by molar-refractivity contribution is 5.96. The molecule has 0 radical (unpaired) electrons. The van der Waals surface area contributed by atoms with E-state index in [0.717, 1.165) is 6.42 Å². The maximum absolute atomic E-state index is 12.3. The second kappa shape index (κ2) is 5.06. The van der Waals surface area contributed by atoms with Gasteiger partial charge < -0.3 is 15.4 Å². The van der Waals surface area contributed by atoms with Crippen LogP contribution in [0.2, 0.25) is 0 Å². The summed E-state index contributed by atoms with van der Waals surface area (Å²) in [5.74, 6) is 0.521. The van der Waals surface area contributed by atoms with Crippen molar-refractivity contribution < 1.29 is 9.53 Å². The molecule has 0 bridgehead atoms. The molecule has 2 N–H and O–H groups in total. The first-order chi connectivity index (χ1) is 8.49. The molecule has 1 atom stereocenters. The maximum atomic E-state index is 12.3. The first-order valence-corrected chi connectivity index (χ1v) is 6.83. The summed E-state index contributed by atoms with van der Waals surface area (Å²) >= 11 is 0. The van der Waals surface area contributed by atoms with Gasteiger partial charge in [-0.25, -0.2) is 0 Å². The summed E-state index contributed by atoms with van der Waals surface area (Å²) in [7, 11) is 1.58. The molecule has 1 rings (SSSR count). The van der Waals surface area contributed by atoms with Crippen LogP contribution in [0.25, 0.3) is 0 Å². The topological polar surface area (TPSA) is 55.6 Å². The van der Waals surface area contributed by atoms with Crippen molar-refractivity contribution in [2.75, 3.05) is 13.7 Å². The van der Waals surface area contributed by atoms with E-state index in [0.29, 0.717) is 12.3 Å². The number of methoxy groups -OCH3 is 1. The molecule has 19 heavy (non-hydrogen) atoms. The fourth-order valence-electron chi connectivity index (χ4n) is 2.44. The lowest BCUT2D eigenvalue weighted by molar-refractivity contribution is -0.129. The largest absolute Gasteiger partial charge is 0.497 e. The summed E-state index contributed by atoms with van der Waals surface area (Å²) in [5.41, 5.74) is 6.26. The summed E-state index contributed by atoms with van der Waals surface area (Å²) in [4.78, 5) is 14.2. The molecular weight excluding hydrogens is 240 g/mol. The molecule has 110 valence electrons. The minimum absolute atomic E-state index is 0.0765. The van der Waals surface area contributed by atoms with Crippen LogP contribution in [0.1, 0.15) is 48.0 Å². The zero-order valence-corrected chi connectivity index (χ0v) is 13.3. The van der Waals surface area contributed by atoms with Gasteiger partial charge in [-0.3, -0.25) is 4.79 Å². The zero-order valence-electron chi connectivity index (χ0n) is 13.3. The molecule has 0 aromatic heterocycles. The Morgan fingerprint density at radius 3 is 2.11 bits per heavy atom. The second-order valence-corrected chi connectivity index (χ2v) is 7.56. The Kier molecular flexibility index (Phi) is 4.23. The molecule has 0 spiro atoms. The molecule has 0 unspecified atom stereocenters. The average Bonchev–Trinajstić information content (AvgIpc) is 2.47. The first-order valence-electron chi connectivity index (χ1n) is 6.83. The molecule has 0 aromatic rings. The number of ether oxygens (including phenoxy) is 1. The Labute approximate surface area is 117 Å². The van der Waals surface area contributed by atoms with E-state index in [2.05, 4.69) is 41.5 Å². The SMILES string of the molecule is COC1=C(N)C(=O)N(CCC(C)(C)C)[C@H]1C(C)(C)C. The Bertz CT molecular complexity index is 386. The highest BCUT2D eigenvalue weighted by Crippen LogP contribution is 2.37. The predicted molar refractivity (Wildman–Crippen MR) is 77.3 cm³/mol. The third kappa shape index (κ3) is 3.43. The van der Waals surface area contributed by atoms with Gasteiger partial charge in [-0.2, -0.15) is 0 Å². The van der Waals surface area contributed by atoms with E-state index in [1.54, 1.807) is 7.11 Å². The van der Waals surface area contributed by atoms with Gasteiger partial charge in [0.25, 0.3) is 5.91 Å². The lowest BCUT2D eigenvalue weighted by Crippen LogP contribution is -2.45. The molecule has 0 fully saturated rings. The van der Waals surface area contributed by atoms with Gasteiger partial charge in [0.05, 0.1) is 13.2 Å². The van der Waals surface area contributed by atoms with Crippen LogP contribution in [0.5, 0.6) is 0 Å². The van der Waals surface area contributed by atoms with Crippen LogP contribution >= 0.6 is 0 Å². The monoisotopic (exact) mass is 268 g/mol. The summed E-state index contributed by atoms with van der Waals surface area (Å²) in [6, 6.07) is -0.0765. The molecule has 1 amide bonds. The summed E-state index contributed by atoms with van der Waals surface area (Å²) in [5, 5.41) is 0. The van der Waals surface area contributed by atoms with Gasteiger partial charge in [-0.1, -0.05) is 41.5 Å². The van der Waals surface area contributed by atoms with Crippen molar-refractivity contribution >= 4 is 5.91 Å². The molecule has 1 aliphatic heterocycles. The van der Waals surface area contributed by atoms with E-state index >= 15 is 0 Å². The van der Waals surface area contributed by atoms with E-state index in [-0.39, 0.29) is 28.5 Å². The molecule has 0 saturated heterocycles. The van der Waals surface area contributed by atoms with E-state index in [9.17, 15) is 4.79 Å². The highest BCUT2D eigenvalue weighted by Gasteiger charge is 2.45. The third-order valence-corrected chi connectivity index (χ3v) is 3.46. The number of amides is 1. The minimum atomic E-state index is -0.0972. The molecule has 4 nitrogen and oxygen atoms in total. The number of hydrogen-bond donors (Lipinski definition) is 1. The van der Waals surface area contributed by atoms with Crippen molar-refractivity contribution in [1.82, 2.24) is 4.90 Å². The summed E-state index contributed by atoms with van der Waals surface area (Å²) in [6.07, 6.45) is 0.940. The van der Waals surface area contributed by atoms with E-state index in [4.69, 9.17) is 10.5 Å². The minimum Gasteiger partial charge on any atom is -0.497 e. The fraction of sp³-hybridized carbons (Fsp3) is 0.800. The van der Waals surface area contributed by atoms with E-state index in [1.807, 2.05) is 4.90 Å². The standard InChI is InChI=1S/C15H28N2O2/c1-14(2,3)8-9-17-12(15(4,5)6)11(19-7)10(16)13(17)18/h12H,8-9,16H2,1-7H3/t12-/m1/s1. The van der Waals surface area contributed by atoms with Crippen LogP contribution in [0.15, 0.2) is 11.5 Å². The average molecular weight is 268 g/mol. The highest BCUT2D eigenvalue weighted by atomic mass is 16.5. The van der Waals surface area contributed by atoms with Gasteiger partial charge in [-0.05, 0) is 17.3 Å². The molecule has 0 saturated carbocycles. The Morgan fingerprint density at radius 1 is 1.21 bits per heavy atom. The quantitative estimate of drug-likeness (QED) is 0.855. The van der Waals surface area contributed by atoms with E-state index in [1.165, 1.54) is 0 Å². The van der Waals surface area contributed by atoms with Gasteiger partial charge in [0.15, 0.2) is 0 Å². The lowest BCUT2D eigenvalue weighted by atomic mass is 9.84. The number of hydrogen-bond acceptors (Lipinski definition) is 3. The van der Waals surface area contributed by atoms with Crippen molar-refractivity contribution in [3.05, 3.63) is 11.5 Å². The maximum Gasteiger partial charge on any atom is 0.273 e. The number of nitrogens with two attached hydrogens (primary N) is 1. The van der Waals surface area contributed by atoms with Crippen molar-refractivity contribution in [3.63, 3.8) is 0 Å². The number of rotatable bonds is 3. The fourth-order valence-corrected chi connectivity index (χ4v) is 2.44.